The van der Waals surface area contributed by atoms with E-state index in [0.717, 1.165) is 17.1 Å². The van der Waals surface area contributed by atoms with Gasteiger partial charge < -0.3 is 14.4 Å². The third-order valence-electron chi connectivity index (χ3n) is 2.86. The van der Waals surface area contributed by atoms with Gasteiger partial charge >= 0.3 is 0 Å². The molecule has 1 unspecified atom stereocenters. The lowest BCUT2D eigenvalue weighted by molar-refractivity contribution is 0.171. The Morgan fingerprint density at radius 2 is 2.00 bits per heavy atom. The van der Waals surface area contributed by atoms with Crippen LogP contribution in [0.5, 0.6) is 11.5 Å². The summed E-state index contributed by atoms with van der Waals surface area (Å²) in [6.45, 7) is 1.18. The molecule has 0 saturated carbocycles. The summed E-state index contributed by atoms with van der Waals surface area (Å²) in [4.78, 5) is 2.04. The summed E-state index contributed by atoms with van der Waals surface area (Å²) in [5.74, 6) is 1.56. The van der Waals surface area contributed by atoms with Gasteiger partial charge in [0.05, 0.1) is 12.5 Å². The van der Waals surface area contributed by atoms with Gasteiger partial charge in [0.2, 0.25) is 0 Å². The van der Waals surface area contributed by atoms with Gasteiger partial charge in [-0.2, -0.15) is 5.26 Å². The van der Waals surface area contributed by atoms with Crippen molar-refractivity contribution in [3.05, 3.63) is 23.8 Å². The maximum absolute atomic E-state index is 8.85. The van der Waals surface area contributed by atoms with E-state index in [1.165, 1.54) is 0 Å². The monoisotopic (exact) mass is 232 g/mol. The summed E-state index contributed by atoms with van der Waals surface area (Å²) >= 11 is 0. The number of ether oxygens (including phenoxy) is 2. The molecule has 0 amide bonds. The lowest BCUT2D eigenvalue weighted by Gasteiger charge is -2.24. The second kappa shape index (κ2) is 5.07. The van der Waals surface area contributed by atoms with Gasteiger partial charge in [0.1, 0.15) is 13.2 Å². The summed E-state index contributed by atoms with van der Waals surface area (Å²) in [6.07, 6.45) is 0.465. The van der Waals surface area contributed by atoms with Crippen LogP contribution < -0.4 is 9.47 Å². The highest BCUT2D eigenvalue weighted by molar-refractivity contribution is 5.44. The van der Waals surface area contributed by atoms with E-state index in [2.05, 4.69) is 6.07 Å². The maximum atomic E-state index is 8.85. The molecule has 0 aromatic heterocycles. The third kappa shape index (κ3) is 2.51. The molecule has 0 bridgehead atoms. The van der Waals surface area contributed by atoms with Crippen molar-refractivity contribution in [3.63, 3.8) is 0 Å². The topological polar surface area (TPSA) is 45.5 Å². The highest BCUT2D eigenvalue weighted by Gasteiger charge is 2.18. The Hall–Kier alpha value is -1.73. The molecule has 0 N–H and O–H groups in total. The largest absolute Gasteiger partial charge is 0.486 e. The van der Waals surface area contributed by atoms with Crippen LogP contribution in [-0.4, -0.2) is 32.2 Å². The number of hydrogen-bond acceptors (Lipinski definition) is 4. The van der Waals surface area contributed by atoms with Crippen LogP contribution in [0.1, 0.15) is 18.0 Å². The van der Waals surface area contributed by atoms with E-state index in [9.17, 15) is 0 Å². The van der Waals surface area contributed by atoms with E-state index in [1.807, 2.05) is 37.2 Å². The Morgan fingerprint density at radius 1 is 1.29 bits per heavy atom. The van der Waals surface area contributed by atoms with Crippen LogP contribution in [0.25, 0.3) is 0 Å². The molecule has 4 heteroatoms. The summed E-state index contributed by atoms with van der Waals surface area (Å²) in [6, 6.07) is 8.19. The van der Waals surface area contributed by atoms with Crippen molar-refractivity contribution in [2.24, 2.45) is 0 Å². The predicted molar refractivity (Wildman–Crippen MR) is 64.1 cm³/mol. The van der Waals surface area contributed by atoms with Crippen molar-refractivity contribution in [2.75, 3.05) is 27.3 Å². The molecular formula is C13H16N2O2. The molecule has 90 valence electrons. The SMILES string of the molecule is CN(C)C(CC#N)c1ccc2c(c1)OCCO2. The van der Waals surface area contributed by atoms with Crippen LogP contribution in [0, 0.1) is 11.3 Å². The molecular weight excluding hydrogens is 216 g/mol. The molecule has 0 saturated heterocycles. The van der Waals surface area contributed by atoms with Gasteiger partial charge in [0, 0.05) is 6.04 Å². The number of nitriles is 1. The van der Waals surface area contributed by atoms with Gasteiger partial charge in [0.25, 0.3) is 0 Å². The standard InChI is InChI=1S/C13H16N2O2/c1-15(2)11(5-6-14)10-3-4-12-13(9-10)17-8-7-16-12/h3-4,9,11H,5,7-8H2,1-2H3. The van der Waals surface area contributed by atoms with Gasteiger partial charge in [-0.05, 0) is 31.8 Å². The second-order valence-electron chi connectivity index (χ2n) is 4.24. The van der Waals surface area contributed by atoms with Gasteiger partial charge in [-0.1, -0.05) is 6.07 Å². The first kappa shape index (κ1) is 11.7. The minimum absolute atomic E-state index is 0.0934. The van der Waals surface area contributed by atoms with Crippen LogP contribution in [0.2, 0.25) is 0 Å². The zero-order valence-electron chi connectivity index (χ0n) is 10.1. The van der Waals surface area contributed by atoms with Crippen LogP contribution in [0.4, 0.5) is 0 Å². The van der Waals surface area contributed by atoms with Crippen LogP contribution >= 0.6 is 0 Å². The third-order valence-corrected chi connectivity index (χ3v) is 2.86. The second-order valence-corrected chi connectivity index (χ2v) is 4.24. The summed E-state index contributed by atoms with van der Waals surface area (Å²) in [5, 5.41) is 8.85. The lowest BCUT2D eigenvalue weighted by atomic mass is 10.0. The first-order chi connectivity index (χ1) is 8.22. The summed E-state index contributed by atoms with van der Waals surface area (Å²) in [7, 11) is 3.94. The zero-order chi connectivity index (χ0) is 12.3. The van der Waals surface area contributed by atoms with E-state index in [-0.39, 0.29) is 6.04 Å². The molecule has 0 spiro atoms. The van der Waals surface area contributed by atoms with Gasteiger partial charge in [-0.15, -0.1) is 0 Å². The molecule has 0 fully saturated rings. The lowest BCUT2D eigenvalue weighted by Crippen LogP contribution is -2.20. The van der Waals surface area contributed by atoms with Gasteiger partial charge in [-0.25, -0.2) is 0 Å². The number of nitrogens with zero attached hydrogens (tertiary/aromatic N) is 2. The molecule has 2 rings (SSSR count). The molecule has 1 aromatic rings. The van der Waals surface area contributed by atoms with E-state index >= 15 is 0 Å². The molecule has 1 aliphatic heterocycles. The summed E-state index contributed by atoms with van der Waals surface area (Å²) < 4.78 is 11.0. The number of fused-ring (bicyclic) bond motifs is 1. The van der Waals surface area contributed by atoms with Gasteiger partial charge in [-0.3, -0.25) is 0 Å². The van der Waals surface area contributed by atoms with Crippen molar-refractivity contribution in [2.45, 2.75) is 12.5 Å². The number of hydrogen-bond donors (Lipinski definition) is 0. The molecule has 0 aliphatic carbocycles. The number of benzene rings is 1. The molecule has 0 radical (unpaired) electrons. The van der Waals surface area contributed by atoms with Crippen molar-refractivity contribution in [1.29, 1.82) is 5.26 Å². The minimum atomic E-state index is 0.0934. The Labute approximate surface area is 101 Å². The fourth-order valence-corrected chi connectivity index (χ4v) is 1.95. The quantitative estimate of drug-likeness (QED) is 0.799. The van der Waals surface area contributed by atoms with Crippen LogP contribution in [0.3, 0.4) is 0 Å². The normalized spacial score (nSPS) is 15.4. The van der Waals surface area contributed by atoms with Gasteiger partial charge in [0.15, 0.2) is 11.5 Å². The Bertz CT molecular complexity index is 438. The van der Waals surface area contributed by atoms with Crippen LogP contribution in [-0.2, 0) is 0 Å². The molecule has 1 aliphatic rings. The smallest absolute Gasteiger partial charge is 0.161 e. The molecule has 1 heterocycles. The molecule has 4 nitrogen and oxygen atoms in total. The van der Waals surface area contributed by atoms with Crippen LogP contribution in [0.15, 0.2) is 18.2 Å². The van der Waals surface area contributed by atoms with E-state index in [4.69, 9.17) is 14.7 Å². The highest BCUT2D eigenvalue weighted by Crippen LogP contribution is 2.34. The first-order valence-electron chi connectivity index (χ1n) is 5.65. The van der Waals surface area contributed by atoms with Crippen molar-refractivity contribution >= 4 is 0 Å². The Kier molecular flexibility index (Phi) is 3.50. The molecule has 1 atom stereocenters. The Morgan fingerprint density at radius 3 is 2.65 bits per heavy atom. The van der Waals surface area contributed by atoms with Crippen molar-refractivity contribution in [3.8, 4) is 17.6 Å². The Balaban J connectivity index is 2.29. The minimum Gasteiger partial charge on any atom is -0.486 e. The molecule has 17 heavy (non-hydrogen) atoms. The maximum Gasteiger partial charge on any atom is 0.161 e. The van der Waals surface area contributed by atoms with E-state index < -0.39 is 0 Å². The van der Waals surface area contributed by atoms with Crippen molar-refractivity contribution < 1.29 is 9.47 Å². The highest BCUT2D eigenvalue weighted by atomic mass is 16.6. The average Bonchev–Trinajstić information content (AvgIpc) is 2.35. The first-order valence-corrected chi connectivity index (χ1v) is 5.65. The molecule has 1 aromatic carbocycles. The average molecular weight is 232 g/mol. The zero-order valence-corrected chi connectivity index (χ0v) is 10.1. The summed E-state index contributed by atoms with van der Waals surface area (Å²) in [5.41, 5.74) is 1.08. The van der Waals surface area contributed by atoms with E-state index in [0.29, 0.717) is 19.6 Å². The fourth-order valence-electron chi connectivity index (χ4n) is 1.95. The predicted octanol–water partition coefficient (Wildman–Crippen LogP) is 1.97. The van der Waals surface area contributed by atoms with Crippen molar-refractivity contribution in [1.82, 2.24) is 4.90 Å². The van der Waals surface area contributed by atoms with E-state index in [1.54, 1.807) is 0 Å². The fraction of sp³-hybridized carbons (Fsp3) is 0.462. The number of rotatable bonds is 3.